The van der Waals surface area contributed by atoms with Crippen molar-refractivity contribution < 1.29 is 14.3 Å². The highest BCUT2D eigenvalue weighted by atomic mass is 32.1. The first-order valence-corrected chi connectivity index (χ1v) is 7.49. The standard InChI is InChI=1S/C14H17N3O3S/c1-3-19-9-12-16-17-14(21-12)15-13(18)10-5-7-11(8-6-10)20-4-2/h5-8H,3-4,9H2,1-2H3,(H,15,17,18). The second kappa shape index (κ2) is 7.70. The van der Waals surface area contributed by atoms with Gasteiger partial charge in [-0.05, 0) is 38.1 Å². The Labute approximate surface area is 127 Å². The zero-order valence-electron chi connectivity index (χ0n) is 12.0. The Balaban J connectivity index is 1.95. The average molecular weight is 307 g/mol. The van der Waals surface area contributed by atoms with Crippen LogP contribution in [0.2, 0.25) is 0 Å². The van der Waals surface area contributed by atoms with Crippen molar-refractivity contribution >= 4 is 22.4 Å². The molecule has 0 atom stereocenters. The molecule has 112 valence electrons. The second-order valence-electron chi connectivity index (χ2n) is 4.05. The number of hydrogen-bond acceptors (Lipinski definition) is 6. The maximum atomic E-state index is 12.1. The first kappa shape index (κ1) is 15.4. The van der Waals surface area contributed by atoms with Crippen LogP contribution in [0.5, 0.6) is 5.75 Å². The number of anilines is 1. The van der Waals surface area contributed by atoms with Crippen molar-refractivity contribution in [2.75, 3.05) is 18.5 Å². The van der Waals surface area contributed by atoms with E-state index in [0.717, 1.165) is 10.8 Å². The topological polar surface area (TPSA) is 73.3 Å². The number of hydrogen-bond donors (Lipinski definition) is 1. The van der Waals surface area contributed by atoms with Crippen LogP contribution < -0.4 is 10.1 Å². The van der Waals surface area contributed by atoms with Crippen LogP contribution in [-0.2, 0) is 11.3 Å². The summed E-state index contributed by atoms with van der Waals surface area (Å²) < 4.78 is 10.6. The van der Waals surface area contributed by atoms with Gasteiger partial charge in [-0.1, -0.05) is 11.3 Å². The molecule has 0 bridgehead atoms. The Kier molecular flexibility index (Phi) is 5.65. The zero-order chi connectivity index (χ0) is 15.1. The van der Waals surface area contributed by atoms with E-state index in [2.05, 4.69) is 15.5 Å². The van der Waals surface area contributed by atoms with Gasteiger partial charge in [-0.3, -0.25) is 10.1 Å². The molecule has 0 fully saturated rings. The third kappa shape index (κ3) is 4.51. The van der Waals surface area contributed by atoms with Gasteiger partial charge in [0.1, 0.15) is 17.4 Å². The normalized spacial score (nSPS) is 10.4. The largest absolute Gasteiger partial charge is 0.494 e. The van der Waals surface area contributed by atoms with Gasteiger partial charge >= 0.3 is 0 Å². The highest BCUT2D eigenvalue weighted by Crippen LogP contribution is 2.18. The summed E-state index contributed by atoms with van der Waals surface area (Å²) >= 11 is 1.30. The Morgan fingerprint density at radius 1 is 1.19 bits per heavy atom. The van der Waals surface area contributed by atoms with Crippen LogP contribution in [0.3, 0.4) is 0 Å². The summed E-state index contributed by atoms with van der Waals surface area (Å²) in [4.78, 5) is 12.1. The van der Waals surface area contributed by atoms with E-state index >= 15 is 0 Å². The number of carbonyl (C=O) groups excluding carboxylic acids is 1. The van der Waals surface area contributed by atoms with Crippen LogP contribution in [0.15, 0.2) is 24.3 Å². The first-order valence-electron chi connectivity index (χ1n) is 6.67. The lowest BCUT2D eigenvalue weighted by atomic mass is 10.2. The lowest BCUT2D eigenvalue weighted by Crippen LogP contribution is -2.11. The monoisotopic (exact) mass is 307 g/mol. The number of ether oxygens (including phenoxy) is 2. The van der Waals surface area contributed by atoms with Gasteiger partial charge in [0.15, 0.2) is 0 Å². The number of rotatable bonds is 7. The molecular weight excluding hydrogens is 290 g/mol. The minimum atomic E-state index is -0.225. The number of nitrogens with one attached hydrogen (secondary N) is 1. The van der Waals surface area contributed by atoms with Crippen LogP contribution in [0.1, 0.15) is 29.2 Å². The smallest absolute Gasteiger partial charge is 0.257 e. The molecule has 1 aromatic heterocycles. The van der Waals surface area contributed by atoms with Gasteiger partial charge in [0.2, 0.25) is 5.13 Å². The molecule has 0 saturated carbocycles. The molecule has 0 radical (unpaired) electrons. The maximum absolute atomic E-state index is 12.1. The van der Waals surface area contributed by atoms with E-state index in [9.17, 15) is 4.79 Å². The third-order valence-corrected chi connectivity index (χ3v) is 3.36. The third-order valence-electron chi connectivity index (χ3n) is 2.54. The quantitative estimate of drug-likeness (QED) is 0.851. The van der Waals surface area contributed by atoms with Gasteiger partial charge in [-0.25, -0.2) is 0 Å². The van der Waals surface area contributed by atoms with Crippen LogP contribution in [0.25, 0.3) is 0 Å². The molecule has 0 aliphatic heterocycles. The predicted octanol–water partition coefficient (Wildman–Crippen LogP) is 2.73. The summed E-state index contributed by atoms with van der Waals surface area (Å²) in [5, 5.41) is 11.8. The lowest BCUT2D eigenvalue weighted by molar-refractivity contribution is 0.102. The molecule has 0 aliphatic rings. The molecule has 2 aromatic rings. The molecule has 1 amide bonds. The molecule has 2 rings (SSSR count). The van der Waals surface area contributed by atoms with Gasteiger partial charge in [-0.2, -0.15) is 0 Å². The van der Waals surface area contributed by atoms with E-state index in [-0.39, 0.29) is 5.91 Å². The average Bonchev–Trinajstić information content (AvgIpc) is 2.93. The van der Waals surface area contributed by atoms with Crippen molar-refractivity contribution in [3.05, 3.63) is 34.8 Å². The zero-order valence-corrected chi connectivity index (χ0v) is 12.8. The van der Waals surface area contributed by atoms with Crippen molar-refractivity contribution in [2.45, 2.75) is 20.5 Å². The molecule has 1 N–H and O–H groups in total. The lowest BCUT2D eigenvalue weighted by Gasteiger charge is -2.04. The molecule has 1 aromatic carbocycles. The first-order chi connectivity index (χ1) is 10.2. The Hall–Kier alpha value is -1.99. The van der Waals surface area contributed by atoms with Crippen LogP contribution >= 0.6 is 11.3 Å². The van der Waals surface area contributed by atoms with Gasteiger partial charge < -0.3 is 9.47 Å². The summed E-state index contributed by atoms with van der Waals surface area (Å²) in [5.41, 5.74) is 0.542. The number of aromatic nitrogens is 2. The number of nitrogens with zero attached hydrogens (tertiary/aromatic N) is 2. The van der Waals surface area contributed by atoms with Gasteiger partial charge in [-0.15, -0.1) is 10.2 Å². The van der Waals surface area contributed by atoms with Crippen LogP contribution in [-0.4, -0.2) is 29.3 Å². The molecule has 1 heterocycles. The Bertz CT molecular complexity index is 583. The fourth-order valence-corrected chi connectivity index (χ4v) is 2.26. The van der Waals surface area contributed by atoms with Crippen molar-refractivity contribution in [1.82, 2.24) is 10.2 Å². The minimum absolute atomic E-state index is 0.225. The number of amides is 1. The number of carbonyl (C=O) groups is 1. The molecule has 0 spiro atoms. The molecule has 0 aliphatic carbocycles. The molecule has 7 heteroatoms. The second-order valence-corrected chi connectivity index (χ2v) is 5.11. The van der Waals surface area contributed by atoms with E-state index in [1.54, 1.807) is 24.3 Å². The van der Waals surface area contributed by atoms with Crippen molar-refractivity contribution in [3.63, 3.8) is 0 Å². The summed E-state index contributed by atoms with van der Waals surface area (Å²) in [7, 11) is 0. The highest BCUT2D eigenvalue weighted by molar-refractivity contribution is 7.15. The van der Waals surface area contributed by atoms with Crippen molar-refractivity contribution in [3.8, 4) is 5.75 Å². The number of benzene rings is 1. The summed E-state index contributed by atoms with van der Waals surface area (Å²) in [6.45, 7) is 5.45. The maximum Gasteiger partial charge on any atom is 0.257 e. The summed E-state index contributed by atoms with van der Waals surface area (Å²) in [5.74, 6) is 0.515. The van der Waals surface area contributed by atoms with E-state index in [0.29, 0.717) is 30.5 Å². The van der Waals surface area contributed by atoms with E-state index in [1.807, 2.05) is 13.8 Å². The molecular formula is C14H17N3O3S. The van der Waals surface area contributed by atoms with Crippen LogP contribution in [0, 0.1) is 0 Å². The fourth-order valence-electron chi connectivity index (χ4n) is 1.59. The molecule has 21 heavy (non-hydrogen) atoms. The Morgan fingerprint density at radius 2 is 1.95 bits per heavy atom. The highest BCUT2D eigenvalue weighted by Gasteiger charge is 2.10. The molecule has 6 nitrogen and oxygen atoms in total. The van der Waals surface area contributed by atoms with Gasteiger partial charge in [0.05, 0.1) is 6.61 Å². The summed E-state index contributed by atoms with van der Waals surface area (Å²) in [6, 6.07) is 6.95. The van der Waals surface area contributed by atoms with Gasteiger partial charge in [0, 0.05) is 12.2 Å². The van der Waals surface area contributed by atoms with Gasteiger partial charge in [0.25, 0.3) is 5.91 Å². The van der Waals surface area contributed by atoms with E-state index in [1.165, 1.54) is 11.3 Å². The van der Waals surface area contributed by atoms with E-state index in [4.69, 9.17) is 9.47 Å². The SMILES string of the molecule is CCOCc1nnc(NC(=O)c2ccc(OCC)cc2)s1. The Morgan fingerprint density at radius 3 is 2.62 bits per heavy atom. The minimum Gasteiger partial charge on any atom is -0.494 e. The molecule has 0 unspecified atom stereocenters. The summed E-state index contributed by atoms with van der Waals surface area (Å²) in [6.07, 6.45) is 0. The predicted molar refractivity (Wildman–Crippen MR) is 80.8 cm³/mol. The fraction of sp³-hybridized carbons (Fsp3) is 0.357. The van der Waals surface area contributed by atoms with Crippen molar-refractivity contribution in [2.24, 2.45) is 0 Å². The van der Waals surface area contributed by atoms with Crippen molar-refractivity contribution in [1.29, 1.82) is 0 Å². The van der Waals surface area contributed by atoms with E-state index < -0.39 is 0 Å². The molecule has 0 saturated heterocycles. The van der Waals surface area contributed by atoms with Crippen LogP contribution in [0.4, 0.5) is 5.13 Å².